The maximum absolute atomic E-state index is 6.34. The molecular weight excluding hydrogens is 406 g/mol. The van der Waals surface area contributed by atoms with Crippen molar-refractivity contribution in [2.24, 2.45) is 0 Å². The van der Waals surface area contributed by atoms with Gasteiger partial charge in [-0.25, -0.2) is 0 Å². The van der Waals surface area contributed by atoms with Gasteiger partial charge in [0.05, 0.1) is 13.2 Å². The molecule has 33 heavy (non-hydrogen) atoms. The SMILES string of the molecule is CCCCCCCCCCOc1cc(N)c2ccccc2c1OCCCCCCCCCC. The number of nitrogen functional groups attached to an aromatic ring is 1. The van der Waals surface area contributed by atoms with Crippen LogP contribution < -0.4 is 15.2 Å². The lowest BCUT2D eigenvalue weighted by Gasteiger charge is -2.17. The topological polar surface area (TPSA) is 44.5 Å². The van der Waals surface area contributed by atoms with Crippen LogP contribution in [0.3, 0.4) is 0 Å². The molecule has 3 nitrogen and oxygen atoms in total. The van der Waals surface area contributed by atoms with E-state index in [2.05, 4.69) is 26.0 Å². The van der Waals surface area contributed by atoms with Crippen molar-refractivity contribution in [3.63, 3.8) is 0 Å². The lowest BCUT2D eigenvalue weighted by molar-refractivity contribution is 0.261. The molecule has 2 aromatic rings. The van der Waals surface area contributed by atoms with Gasteiger partial charge in [-0.2, -0.15) is 0 Å². The second-order valence-corrected chi connectivity index (χ2v) is 9.49. The van der Waals surface area contributed by atoms with Gasteiger partial charge in [-0.15, -0.1) is 0 Å². The number of benzene rings is 2. The van der Waals surface area contributed by atoms with E-state index >= 15 is 0 Å². The van der Waals surface area contributed by atoms with E-state index in [1.54, 1.807) is 0 Å². The molecule has 0 spiro atoms. The Morgan fingerprint density at radius 2 is 1.03 bits per heavy atom. The molecule has 0 saturated carbocycles. The molecule has 0 aliphatic heterocycles. The van der Waals surface area contributed by atoms with Gasteiger partial charge in [0.1, 0.15) is 0 Å². The van der Waals surface area contributed by atoms with Crippen molar-refractivity contribution in [2.45, 2.75) is 117 Å². The summed E-state index contributed by atoms with van der Waals surface area (Å²) in [6.07, 6.45) is 20.8. The lowest BCUT2D eigenvalue weighted by Crippen LogP contribution is -2.04. The zero-order valence-electron chi connectivity index (χ0n) is 21.5. The number of hydrogen-bond acceptors (Lipinski definition) is 3. The first-order valence-corrected chi connectivity index (χ1v) is 13.8. The zero-order valence-corrected chi connectivity index (χ0v) is 21.5. The van der Waals surface area contributed by atoms with Crippen molar-refractivity contribution in [1.29, 1.82) is 0 Å². The van der Waals surface area contributed by atoms with Crippen LogP contribution in [0, 0.1) is 0 Å². The molecule has 0 aromatic heterocycles. The van der Waals surface area contributed by atoms with Crippen LogP contribution in [0.4, 0.5) is 5.69 Å². The van der Waals surface area contributed by atoms with Crippen molar-refractivity contribution >= 4 is 16.5 Å². The summed E-state index contributed by atoms with van der Waals surface area (Å²) in [4.78, 5) is 0. The third-order valence-electron chi connectivity index (χ3n) is 6.49. The minimum atomic E-state index is 0.723. The standard InChI is InChI=1S/C30H49NO2/c1-3-5-7-9-11-13-15-19-23-32-29-25-28(31)26-21-17-18-22-27(26)30(29)33-24-20-16-14-12-10-8-6-4-2/h17-18,21-22,25H,3-16,19-20,23-24,31H2,1-2H3. The van der Waals surface area contributed by atoms with E-state index in [1.807, 2.05) is 18.2 Å². The van der Waals surface area contributed by atoms with Crippen molar-refractivity contribution in [3.8, 4) is 11.5 Å². The summed E-state index contributed by atoms with van der Waals surface area (Å²) in [5, 5.41) is 2.10. The van der Waals surface area contributed by atoms with Gasteiger partial charge in [-0.05, 0) is 12.8 Å². The van der Waals surface area contributed by atoms with Crippen molar-refractivity contribution < 1.29 is 9.47 Å². The normalized spacial score (nSPS) is 11.2. The molecule has 0 saturated heterocycles. The molecule has 2 N–H and O–H groups in total. The fraction of sp³-hybridized carbons (Fsp3) is 0.667. The quantitative estimate of drug-likeness (QED) is 0.160. The lowest BCUT2D eigenvalue weighted by atomic mass is 10.1. The Morgan fingerprint density at radius 1 is 0.576 bits per heavy atom. The van der Waals surface area contributed by atoms with E-state index in [0.29, 0.717) is 0 Å². The maximum atomic E-state index is 6.34. The highest BCUT2D eigenvalue weighted by Gasteiger charge is 2.13. The molecule has 0 fully saturated rings. The molecule has 0 aliphatic rings. The van der Waals surface area contributed by atoms with E-state index in [9.17, 15) is 0 Å². The van der Waals surface area contributed by atoms with E-state index in [0.717, 1.165) is 54.0 Å². The second kappa shape index (κ2) is 17.6. The van der Waals surface area contributed by atoms with Crippen LogP contribution in [-0.4, -0.2) is 13.2 Å². The molecule has 0 aliphatic carbocycles. The van der Waals surface area contributed by atoms with E-state index < -0.39 is 0 Å². The number of hydrogen-bond donors (Lipinski definition) is 1. The minimum absolute atomic E-state index is 0.723. The Bertz CT molecular complexity index is 758. The number of ether oxygens (including phenoxy) is 2. The number of nitrogens with two attached hydrogens (primary N) is 1. The summed E-state index contributed by atoms with van der Waals surface area (Å²) in [6.45, 7) is 5.99. The number of unbranched alkanes of at least 4 members (excludes halogenated alkanes) is 14. The molecule has 186 valence electrons. The van der Waals surface area contributed by atoms with Gasteiger partial charge >= 0.3 is 0 Å². The predicted molar refractivity (Wildman–Crippen MR) is 145 cm³/mol. The van der Waals surface area contributed by atoms with Crippen LogP contribution >= 0.6 is 0 Å². The first kappa shape index (κ1) is 27.3. The zero-order chi connectivity index (χ0) is 23.6. The van der Waals surface area contributed by atoms with Crippen molar-refractivity contribution in [3.05, 3.63) is 30.3 Å². The predicted octanol–water partition coefficient (Wildman–Crippen LogP) is 9.46. The summed E-state index contributed by atoms with van der Waals surface area (Å²) in [5.74, 6) is 1.66. The van der Waals surface area contributed by atoms with Crippen LogP contribution in [0.1, 0.15) is 117 Å². The monoisotopic (exact) mass is 455 g/mol. The number of fused-ring (bicyclic) bond motifs is 1. The molecule has 2 aromatic carbocycles. The molecule has 0 bridgehead atoms. The second-order valence-electron chi connectivity index (χ2n) is 9.49. The Balaban J connectivity index is 1.81. The van der Waals surface area contributed by atoms with Crippen LogP contribution in [0.2, 0.25) is 0 Å². The molecule has 3 heteroatoms. The molecule has 0 amide bonds. The molecular formula is C30H49NO2. The van der Waals surface area contributed by atoms with Crippen LogP contribution in [-0.2, 0) is 0 Å². The first-order chi connectivity index (χ1) is 16.3. The fourth-order valence-electron chi connectivity index (χ4n) is 4.43. The molecule has 2 rings (SSSR count). The van der Waals surface area contributed by atoms with Gasteiger partial charge in [-0.3, -0.25) is 0 Å². The van der Waals surface area contributed by atoms with Gasteiger partial charge in [0, 0.05) is 22.5 Å². The number of rotatable bonds is 20. The van der Waals surface area contributed by atoms with Gasteiger partial charge < -0.3 is 15.2 Å². The van der Waals surface area contributed by atoms with Crippen LogP contribution in [0.25, 0.3) is 10.8 Å². The van der Waals surface area contributed by atoms with Crippen molar-refractivity contribution in [2.75, 3.05) is 18.9 Å². The number of anilines is 1. The van der Waals surface area contributed by atoms with Gasteiger partial charge in [-0.1, -0.05) is 128 Å². The Labute approximate surface area is 203 Å². The van der Waals surface area contributed by atoms with Crippen molar-refractivity contribution in [1.82, 2.24) is 0 Å². The Hall–Kier alpha value is -1.90. The maximum Gasteiger partial charge on any atom is 0.169 e. The first-order valence-electron chi connectivity index (χ1n) is 13.8. The summed E-state index contributed by atoms with van der Waals surface area (Å²) in [6, 6.07) is 10.2. The van der Waals surface area contributed by atoms with Gasteiger partial charge in [0.15, 0.2) is 11.5 Å². The highest BCUT2D eigenvalue weighted by atomic mass is 16.5. The summed E-state index contributed by atoms with van der Waals surface area (Å²) in [7, 11) is 0. The smallest absolute Gasteiger partial charge is 0.169 e. The molecule has 0 unspecified atom stereocenters. The largest absolute Gasteiger partial charge is 0.490 e. The third-order valence-corrected chi connectivity index (χ3v) is 6.49. The van der Waals surface area contributed by atoms with E-state index in [1.165, 1.54) is 89.9 Å². The average molecular weight is 456 g/mol. The van der Waals surface area contributed by atoms with E-state index in [4.69, 9.17) is 15.2 Å². The van der Waals surface area contributed by atoms with Crippen LogP contribution in [0.15, 0.2) is 30.3 Å². The Kier molecular flexibility index (Phi) is 14.6. The minimum Gasteiger partial charge on any atom is -0.490 e. The molecule has 0 radical (unpaired) electrons. The summed E-state index contributed by atoms with van der Waals surface area (Å²) < 4.78 is 12.5. The Morgan fingerprint density at radius 3 is 1.58 bits per heavy atom. The average Bonchev–Trinajstić information content (AvgIpc) is 2.83. The van der Waals surface area contributed by atoms with Gasteiger partial charge in [0.25, 0.3) is 0 Å². The summed E-state index contributed by atoms with van der Waals surface area (Å²) in [5.41, 5.74) is 7.10. The molecule has 0 heterocycles. The van der Waals surface area contributed by atoms with Crippen LogP contribution in [0.5, 0.6) is 11.5 Å². The van der Waals surface area contributed by atoms with E-state index in [-0.39, 0.29) is 0 Å². The molecule has 0 atom stereocenters. The van der Waals surface area contributed by atoms with Gasteiger partial charge in [0.2, 0.25) is 0 Å². The highest BCUT2D eigenvalue weighted by Crippen LogP contribution is 2.39. The highest BCUT2D eigenvalue weighted by molar-refractivity contribution is 5.99. The third kappa shape index (κ3) is 10.7. The summed E-state index contributed by atoms with van der Waals surface area (Å²) >= 11 is 0. The fourth-order valence-corrected chi connectivity index (χ4v) is 4.43.